The molecule has 2 aromatic carbocycles. The van der Waals surface area contributed by atoms with Crippen LogP contribution >= 0.6 is 21.6 Å². The van der Waals surface area contributed by atoms with E-state index in [1.807, 2.05) is 12.1 Å². The summed E-state index contributed by atoms with van der Waals surface area (Å²) in [4.78, 5) is 24.5. The molecule has 0 aliphatic carbocycles. The van der Waals surface area contributed by atoms with E-state index in [0.29, 0.717) is 17.1 Å². The van der Waals surface area contributed by atoms with Crippen LogP contribution in [0.3, 0.4) is 0 Å². The lowest BCUT2D eigenvalue weighted by Gasteiger charge is -2.09. The van der Waals surface area contributed by atoms with Crippen molar-refractivity contribution >= 4 is 33.5 Å². The molecule has 6 heteroatoms. The van der Waals surface area contributed by atoms with Gasteiger partial charge in [0.15, 0.2) is 0 Å². The fourth-order valence-corrected chi connectivity index (χ4v) is 4.07. The highest BCUT2D eigenvalue weighted by molar-refractivity contribution is 8.76. The van der Waals surface area contributed by atoms with E-state index < -0.39 is 5.97 Å². The largest absolute Gasteiger partial charge is 0.478 e. The number of ether oxygens (including phenoxy) is 1. The van der Waals surface area contributed by atoms with E-state index in [1.54, 1.807) is 43.3 Å². The van der Waals surface area contributed by atoms with Crippen LogP contribution in [0, 0.1) is 0 Å². The molecule has 0 saturated heterocycles. The lowest BCUT2D eigenvalue weighted by molar-refractivity contribution is 0.0522. The maximum Gasteiger partial charge on any atom is 0.339 e. The molecule has 0 bridgehead atoms. The summed E-state index contributed by atoms with van der Waals surface area (Å²) in [5, 5.41) is 9.18. The highest BCUT2D eigenvalue weighted by atomic mass is 33.1. The summed E-state index contributed by atoms with van der Waals surface area (Å²) in [5.74, 6) is -1.35. The monoisotopic (exact) mass is 334 g/mol. The zero-order valence-corrected chi connectivity index (χ0v) is 13.4. The average molecular weight is 334 g/mol. The van der Waals surface area contributed by atoms with Gasteiger partial charge < -0.3 is 9.84 Å². The molecule has 0 heterocycles. The Balaban J connectivity index is 2.19. The van der Waals surface area contributed by atoms with E-state index in [-0.39, 0.29) is 11.5 Å². The summed E-state index contributed by atoms with van der Waals surface area (Å²) in [6, 6.07) is 13.9. The summed E-state index contributed by atoms with van der Waals surface area (Å²) in [6.45, 7) is 2.07. The van der Waals surface area contributed by atoms with Crippen LogP contribution in [-0.2, 0) is 4.74 Å². The predicted octanol–water partition coefficient (Wildman–Crippen LogP) is 4.36. The van der Waals surface area contributed by atoms with E-state index in [4.69, 9.17) is 4.74 Å². The maximum atomic E-state index is 11.9. The lowest BCUT2D eigenvalue weighted by Crippen LogP contribution is -2.05. The Morgan fingerprint density at radius 1 is 0.955 bits per heavy atom. The van der Waals surface area contributed by atoms with Crippen molar-refractivity contribution in [1.29, 1.82) is 0 Å². The van der Waals surface area contributed by atoms with Gasteiger partial charge in [0.1, 0.15) is 0 Å². The van der Waals surface area contributed by atoms with Crippen molar-refractivity contribution in [3.05, 3.63) is 59.7 Å². The van der Waals surface area contributed by atoms with Gasteiger partial charge in [0.05, 0.1) is 17.7 Å². The van der Waals surface area contributed by atoms with Crippen LogP contribution in [0.1, 0.15) is 27.6 Å². The quantitative estimate of drug-likeness (QED) is 0.625. The number of aromatic carboxylic acids is 1. The fraction of sp³-hybridized carbons (Fsp3) is 0.125. The van der Waals surface area contributed by atoms with Crippen LogP contribution in [0.15, 0.2) is 58.3 Å². The number of esters is 1. The van der Waals surface area contributed by atoms with Crippen LogP contribution < -0.4 is 0 Å². The molecular formula is C16H14O4S2. The van der Waals surface area contributed by atoms with Gasteiger partial charge in [-0.25, -0.2) is 9.59 Å². The van der Waals surface area contributed by atoms with Crippen LogP contribution in [0.4, 0.5) is 0 Å². The van der Waals surface area contributed by atoms with Gasteiger partial charge in [0, 0.05) is 9.79 Å². The first kappa shape index (κ1) is 16.5. The molecule has 22 heavy (non-hydrogen) atoms. The van der Waals surface area contributed by atoms with Crippen molar-refractivity contribution in [3.63, 3.8) is 0 Å². The molecule has 0 atom stereocenters. The molecule has 0 unspecified atom stereocenters. The topological polar surface area (TPSA) is 63.6 Å². The molecule has 0 spiro atoms. The van der Waals surface area contributed by atoms with E-state index in [0.717, 1.165) is 4.90 Å². The van der Waals surface area contributed by atoms with Gasteiger partial charge in [-0.05, 0) is 31.2 Å². The first-order valence-corrected chi connectivity index (χ1v) is 8.71. The van der Waals surface area contributed by atoms with E-state index in [2.05, 4.69) is 0 Å². The summed E-state index contributed by atoms with van der Waals surface area (Å²) >= 11 is 0. The van der Waals surface area contributed by atoms with Gasteiger partial charge in [-0.15, -0.1) is 0 Å². The van der Waals surface area contributed by atoms with Crippen molar-refractivity contribution in [3.8, 4) is 0 Å². The Labute approximate surface area is 136 Å². The molecule has 4 nitrogen and oxygen atoms in total. The highest BCUT2D eigenvalue weighted by Gasteiger charge is 2.15. The zero-order valence-electron chi connectivity index (χ0n) is 11.8. The third-order valence-electron chi connectivity index (χ3n) is 2.72. The number of hydrogen-bond donors (Lipinski definition) is 1. The summed E-state index contributed by atoms with van der Waals surface area (Å²) < 4.78 is 5.03. The molecule has 0 amide bonds. The van der Waals surface area contributed by atoms with Crippen molar-refractivity contribution in [2.45, 2.75) is 16.7 Å². The Bertz CT molecular complexity index is 685. The van der Waals surface area contributed by atoms with Crippen LogP contribution in [0.5, 0.6) is 0 Å². The van der Waals surface area contributed by atoms with Crippen LogP contribution in [0.2, 0.25) is 0 Å². The molecule has 0 aliphatic rings. The Kier molecular flexibility index (Phi) is 5.91. The van der Waals surface area contributed by atoms with Crippen LogP contribution in [0.25, 0.3) is 0 Å². The number of carboxylic acid groups (broad SMARTS) is 1. The maximum absolute atomic E-state index is 11.9. The van der Waals surface area contributed by atoms with Gasteiger partial charge in [0.25, 0.3) is 0 Å². The van der Waals surface area contributed by atoms with Crippen molar-refractivity contribution in [2.75, 3.05) is 6.61 Å². The molecule has 0 saturated carbocycles. The minimum atomic E-state index is -0.970. The second-order valence-corrected chi connectivity index (χ2v) is 6.40. The number of hydrogen-bond acceptors (Lipinski definition) is 5. The first-order valence-electron chi connectivity index (χ1n) is 6.56. The predicted molar refractivity (Wildman–Crippen MR) is 87.5 cm³/mol. The Hall–Kier alpha value is -1.92. The van der Waals surface area contributed by atoms with Crippen molar-refractivity contribution < 1.29 is 19.4 Å². The van der Waals surface area contributed by atoms with E-state index >= 15 is 0 Å². The molecule has 0 radical (unpaired) electrons. The molecule has 2 aromatic rings. The molecule has 2 rings (SSSR count). The van der Waals surface area contributed by atoms with Gasteiger partial charge in [-0.1, -0.05) is 45.9 Å². The summed E-state index contributed by atoms with van der Waals surface area (Å²) in [5.41, 5.74) is 0.725. The lowest BCUT2D eigenvalue weighted by atomic mass is 10.2. The molecule has 0 aliphatic heterocycles. The van der Waals surface area contributed by atoms with Gasteiger partial charge in [-0.3, -0.25) is 0 Å². The van der Waals surface area contributed by atoms with Crippen molar-refractivity contribution in [1.82, 2.24) is 0 Å². The van der Waals surface area contributed by atoms with E-state index in [9.17, 15) is 14.7 Å². The van der Waals surface area contributed by atoms with Crippen molar-refractivity contribution in [2.24, 2.45) is 0 Å². The molecule has 114 valence electrons. The number of carbonyl (C=O) groups excluding carboxylic acids is 1. The Morgan fingerprint density at radius 3 is 2.00 bits per heavy atom. The smallest absolute Gasteiger partial charge is 0.339 e. The van der Waals surface area contributed by atoms with Gasteiger partial charge in [-0.2, -0.15) is 0 Å². The Morgan fingerprint density at radius 2 is 1.45 bits per heavy atom. The normalized spacial score (nSPS) is 10.2. The molecule has 1 N–H and O–H groups in total. The summed E-state index contributed by atoms with van der Waals surface area (Å²) in [7, 11) is 2.64. The second-order valence-electron chi connectivity index (χ2n) is 4.18. The minimum Gasteiger partial charge on any atom is -0.478 e. The average Bonchev–Trinajstić information content (AvgIpc) is 2.53. The number of carbonyl (C=O) groups is 2. The highest BCUT2D eigenvalue weighted by Crippen LogP contribution is 2.40. The third-order valence-corrected chi connectivity index (χ3v) is 5.20. The van der Waals surface area contributed by atoms with Crippen LogP contribution in [-0.4, -0.2) is 23.7 Å². The molecule has 0 fully saturated rings. The van der Waals surface area contributed by atoms with Gasteiger partial charge >= 0.3 is 11.9 Å². The third kappa shape index (κ3) is 4.05. The molecule has 0 aromatic heterocycles. The zero-order chi connectivity index (χ0) is 15.9. The fourth-order valence-electron chi connectivity index (χ4n) is 1.72. The standard InChI is InChI=1S/C16H14O4S2/c1-2-20-16(19)12-8-4-6-10-14(12)22-21-13-9-5-3-7-11(13)15(17)18/h3-10H,2H2,1H3,(H,17,18). The number of benzene rings is 2. The molecular weight excluding hydrogens is 320 g/mol. The number of carboxylic acids is 1. The number of rotatable bonds is 6. The SMILES string of the molecule is CCOC(=O)c1ccccc1SSc1ccccc1C(=O)O. The second kappa shape index (κ2) is 7.91. The summed E-state index contributed by atoms with van der Waals surface area (Å²) in [6.07, 6.45) is 0. The van der Waals surface area contributed by atoms with Gasteiger partial charge in [0.2, 0.25) is 0 Å². The minimum absolute atomic E-state index is 0.244. The van der Waals surface area contributed by atoms with E-state index in [1.165, 1.54) is 21.6 Å². The first-order chi connectivity index (χ1) is 10.6.